The summed E-state index contributed by atoms with van der Waals surface area (Å²) in [5.74, 6) is 1.01. The van der Waals surface area contributed by atoms with E-state index in [-0.39, 0.29) is 0 Å². The monoisotopic (exact) mass is 260 g/mol. The van der Waals surface area contributed by atoms with Crippen molar-refractivity contribution >= 4 is 11.3 Å². The molecule has 1 aliphatic heterocycles. The molecule has 2 atom stereocenters. The van der Waals surface area contributed by atoms with Crippen molar-refractivity contribution in [2.45, 2.75) is 25.4 Å². The van der Waals surface area contributed by atoms with Gasteiger partial charge in [-0.15, -0.1) is 11.3 Å². The van der Waals surface area contributed by atoms with Crippen LogP contribution in [0.15, 0.2) is 36.0 Å². The van der Waals surface area contributed by atoms with Crippen molar-refractivity contribution in [2.24, 2.45) is 0 Å². The molecule has 18 heavy (non-hydrogen) atoms. The fourth-order valence-electron chi connectivity index (χ4n) is 2.34. The molecule has 0 saturated carbocycles. The number of aromatic nitrogens is 1. The second-order valence-corrected chi connectivity index (χ2v) is 5.44. The summed E-state index contributed by atoms with van der Waals surface area (Å²) in [4.78, 5) is 5.41. The number of hydrogen-bond donors (Lipinski definition) is 1. The molecule has 1 aromatic heterocycles. The van der Waals surface area contributed by atoms with Crippen molar-refractivity contribution in [3.05, 3.63) is 46.4 Å². The first kappa shape index (κ1) is 11.7. The summed E-state index contributed by atoms with van der Waals surface area (Å²) in [5.41, 5.74) is 3.14. The lowest BCUT2D eigenvalue weighted by atomic mass is 10.00. The Hall–Kier alpha value is -1.39. The van der Waals surface area contributed by atoms with Crippen LogP contribution in [0.4, 0.5) is 0 Å². The van der Waals surface area contributed by atoms with E-state index in [9.17, 15) is 0 Å². The van der Waals surface area contributed by atoms with Crippen molar-refractivity contribution in [3.63, 3.8) is 0 Å². The van der Waals surface area contributed by atoms with E-state index in [1.54, 1.807) is 11.3 Å². The van der Waals surface area contributed by atoms with Crippen LogP contribution in [0.25, 0.3) is 0 Å². The van der Waals surface area contributed by atoms with Gasteiger partial charge in [-0.2, -0.15) is 0 Å². The van der Waals surface area contributed by atoms with Gasteiger partial charge >= 0.3 is 0 Å². The Morgan fingerprint density at radius 1 is 1.44 bits per heavy atom. The summed E-state index contributed by atoms with van der Waals surface area (Å²) < 4.78 is 5.68. The predicted octanol–water partition coefficient (Wildman–Crippen LogP) is 3.32. The van der Waals surface area contributed by atoms with Gasteiger partial charge in [-0.3, -0.25) is 4.98 Å². The van der Waals surface area contributed by atoms with Crippen LogP contribution < -0.4 is 10.1 Å². The summed E-state index contributed by atoms with van der Waals surface area (Å²) in [7, 11) is 0. The van der Waals surface area contributed by atoms with Gasteiger partial charge in [0.1, 0.15) is 5.75 Å². The molecule has 2 unspecified atom stereocenters. The Bertz CT molecular complexity index is 512. The van der Waals surface area contributed by atoms with Crippen molar-refractivity contribution in [1.29, 1.82) is 0 Å². The molecule has 3 rings (SSSR count). The zero-order valence-electron chi connectivity index (χ0n) is 10.3. The molecule has 3 nitrogen and oxygen atoms in total. The maximum absolute atomic E-state index is 5.68. The van der Waals surface area contributed by atoms with Crippen LogP contribution in [0.5, 0.6) is 5.75 Å². The molecular formula is C14H16N2OS. The lowest BCUT2D eigenvalue weighted by molar-refractivity contribution is 0.246. The number of rotatable bonds is 3. The van der Waals surface area contributed by atoms with E-state index >= 15 is 0 Å². The van der Waals surface area contributed by atoms with E-state index in [2.05, 4.69) is 29.4 Å². The minimum atomic E-state index is 0.327. The first-order valence-corrected chi connectivity index (χ1v) is 7.09. The standard InChI is InChI=1S/C14H16N2OS/c1-10(14-8-15-9-18-14)16-12-6-7-17-13-5-3-2-4-11(12)13/h2-5,8-10,12,16H,6-7H2,1H3. The Balaban J connectivity index is 1.78. The molecular weight excluding hydrogens is 244 g/mol. The lowest BCUT2D eigenvalue weighted by Gasteiger charge is -2.29. The van der Waals surface area contributed by atoms with Gasteiger partial charge in [0, 0.05) is 35.1 Å². The molecule has 0 saturated heterocycles. The maximum Gasteiger partial charge on any atom is 0.124 e. The van der Waals surface area contributed by atoms with Crippen molar-refractivity contribution in [3.8, 4) is 5.75 Å². The van der Waals surface area contributed by atoms with Crippen LogP contribution in [0.2, 0.25) is 0 Å². The van der Waals surface area contributed by atoms with Gasteiger partial charge in [0.2, 0.25) is 0 Å². The molecule has 4 heteroatoms. The normalized spacial score (nSPS) is 19.9. The number of fused-ring (bicyclic) bond motifs is 1. The number of nitrogens with zero attached hydrogens (tertiary/aromatic N) is 1. The minimum absolute atomic E-state index is 0.327. The predicted molar refractivity (Wildman–Crippen MR) is 73.0 cm³/mol. The molecule has 0 aliphatic carbocycles. The molecule has 2 aromatic rings. The maximum atomic E-state index is 5.68. The molecule has 0 amide bonds. The summed E-state index contributed by atoms with van der Waals surface area (Å²) >= 11 is 1.70. The highest BCUT2D eigenvalue weighted by Crippen LogP contribution is 2.33. The van der Waals surface area contributed by atoms with Crippen LogP contribution in [-0.4, -0.2) is 11.6 Å². The summed E-state index contributed by atoms with van der Waals surface area (Å²) in [6.07, 6.45) is 2.95. The fraction of sp³-hybridized carbons (Fsp3) is 0.357. The third-order valence-electron chi connectivity index (χ3n) is 3.29. The highest BCUT2D eigenvalue weighted by atomic mass is 32.1. The number of para-hydroxylation sites is 1. The molecule has 0 radical (unpaired) electrons. The summed E-state index contributed by atoms with van der Waals surface area (Å²) in [6.45, 7) is 2.97. The van der Waals surface area contributed by atoms with Crippen LogP contribution in [-0.2, 0) is 0 Å². The second kappa shape index (κ2) is 5.08. The van der Waals surface area contributed by atoms with Gasteiger partial charge in [0.25, 0.3) is 0 Å². The first-order chi connectivity index (χ1) is 8.84. The van der Waals surface area contributed by atoms with Crippen molar-refractivity contribution in [2.75, 3.05) is 6.61 Å². The molecule has 1 aliphatic rings. The zero-order chi connectivity index (χ0) is 12.4. The first-order valence-electron chi connectivity index (χ1n) is 6.21. The zero-order valence-corrected chi connectivity index (χ0v) is 11.1. The summed E-state index contributed by atoms with van der Waals surface area (Å²) in [6, 6.07) is 8.97. The van der Waals surface area contributed by atoms with E-state index in [0.29, 0.717) is 12.1 Å². The smallest absolute Gasteiger partial charge is 0.124 e. The average Bonchev–Trinajstić information content (AvgIpc) is 2.93. The second-order valence-electron chi connectivity index (χ2n) is 4.52. The van der Waals surface area contributed by atoms with Gasteiger partial charge < -0.3 is 10.1 Å². The number of benzene rings is 1. The van der Waals surface area contributed by atoms with Gasteiger partial charge in [-0.05, 0) is 13.0 Å². The Kier molecular flexibility index (Phi) is 3.30. The number of hydrogen-bond acceptors (Lipinski definition) is 4. The third kappa shape index (κ3) is 2.26. The van der Waals surface area contributed by atoms with E-state index in [0.717, 1.165) is 18.8 Å². The fourth-order valence-corrected chi connectivity index (χ4v) is 2.98. The van der Waals surface area contributed by atoms with E-state index < -0.39 is 0 Å². The Labute approximate surface area is 111 Å². The van der Waals surface area contributed by atoms with Crippen molar-refractivity contribution in [1.82, 2.24) is 10.3 Å². The van der Waals surface area contributed by atoms with Crippen LogP contribution in [0.3, 0.4) is 0 Å². The van der Waals surface area contributed by atoms with Crippen LogP contribution >= 0.6 is 11.3 Å². The number of ether oxygens (including phenoxy) is 1. The number of thiazole rings is 1. The molecule has 0 fully saturated rings. The largest absolute Gasteiger partial charge is 0.493 e. The minimum Gasteiger partial charge on any atom is -0.493 e. The molecule has 0 bridgehead atoms. The van der Waals surface area contributed by atoms with E-state index in [4.69, 9.17) is 4.74 Å². The van der Waals surface area contributed by atoms with Crippen molar-refractivity contribution < 1.29 is 4.74 Å². The third-order valence-corrected chi connectivity index (χ3v) is 4.25. The molecule has 94 valence electrons. The van der Waals surface area contributed by atoms with Gasteiger partial charge in [0.15, 0.2) is 0 Å². The molecule has 0 spiro atoms. The SMILES string of the molecule is CC(NC1CCOc2ccccc21)c1cncs1. The van der Waals surface area contributed by atoms with E-state index in [1.807, 2.05) is 23.8 Å². The van der Waals surface area contributed by atoms with E-state index in [1.165, 1.54) is 10.4 Å². The number of nitrogens with one attached hydrogen (secondary N) is 1. The highest BCUT2D eigenvalue weighted by molar-refractivity contribution is 7.09. The quantitative estimate of drug-likeness (QED) is 0.919. The van der Waals surface area contributed by atoms with Crippen LogP contribution in [0.1, 0.15) is 35.9 Å². The Morgan fingerprint density at radius 3 is 3.17 bits per heavy atom. The highest BCUT2D eigenvalue weighted by Gasteiger charge is 2.22. The van der Waals surface area contributed by atoms with Gasteiger partial charge in [0.05, 0.1) is 12.1 Å². The van der Waals surface area contributed by atoms with Gasteiger partial charge in [-0.1, -0.05) is 18.2 Å². The summed E-state index contributed by atoms with van der Waals surface area (Å²) in [5, 5.41) is 3.67. The van der Waals surface area contributed by atoms with Crippen LogP contribution in [0, 0.1) is 0 Å². The topological polar surface area (TPSA) is 34.1 Å². The molecule has 2 heterocycles. The molecule has 1 aromatic carbocycles. The molecule has 1 N–H and O–H groups in total. The average molecular weight is 260 g/mol. The Morgan fingerprint density at radius 2 is 2.33 bits per heavy atom. The lowest BCUT2D eigenvalue weighted by Crippen LogP contribution is -2.28. The van der Waals surface area contributed by atoms with Gasteiger partial charge in [-0.25, -0.2) is 0 Å².